The number of ketones is 1. The van der Waals surface area contributed by atoms with Gasteiger partial charge < -0.3 is 9.47 Å². The third-order valence-electron chi connectivity index (χ3n) is 3.75. The zero-order valence-corrected chi connectivity index (χ0v) is 14.2. The molecule has 0 aromatic heterocycles. The van der Waals surface area contributed by atoms with E-state index in [0.29, 0.717) is 39.1 Å². The number of fused-ring (bicyclic) bond motifs is 1. The second-order valence-corrected chi connectivity index (χ2v) is 6.12. The molecule has 0 N–H and O–H groups in total. The summed E-state index contributed by atoms with van der Waals surface area (Å²) < 4.78 is 10.6. The molecule has 0 radical (unpaired) electrons. The molecule has 1 aliphatic carbocycles. The Bertz CT molecular complexity index is 805. The number of halogens is 2. The molecule has 0 bridgehead atoms. The van der Waals surface area contributed by atoms with E-state index in [4.69, 9.17) is 32.7 Å². The van der Waals surface area contributed by atoms with Crippen LogP contribution in [0.1, 0.15) is 21.5 Å². The van der Waals surface area contributed by atoms with Gasteiger partial charge in [-0.2, -0.15) is 0 Å². The average molecular weight is 349 g/mol. The molecular weight excluding hydrogens is 335 g/mol. The number of allylic oxidation sites excluding steroid dienone is 1. The van der Waals surface area contributed by atoms with Gasteiger partial charge in [0.2, 0.25) is 0 Å². The van der Waals surface area contributed by atoms with Gasteiger partial charge in [0.05, 0.1) is 14.2 Å². The van der Waals surface area contributed by atoms with Crippen LogP contribution in [0, 0.1) is 0 Å². The first-order valence-electron chi connectivity index (χ1n) is 6.98. The Kier molecular flexibility index (Phi) is 4.33. The summed E-state index contributed by atoms with van der Waals surface area (Å²) in [6, 6.07) is 8.78. The topological polar surface area (TPSA) is 35.5 Å². The van der Waals surface area contributed by atoms with Crippen LogP contribution < -0.4 is 9.47 Å². The Morgan fingerprint density at radius 2 is 1.57 bits per heavy atom. The van der Waals surface area contributed by atoms with Crippen molar-refractivity contribution in [3.63, 3.8) is 0 Å². The van der Waals surface area contributed by atoms with E-state index in [9.17, 15) is 4.79 Å². The first-order chi connectivity index (χ1) is 11.0. The molecule has 1 aliphatic rings. The van der Waals surface area contributed by atoms with Crippen LogP contribution in [-0.2, 0) is 6.42 Å². The maximum atomic E-state index is 12.6. The third kappa shape index (κ3) is 3.07. The maximum absolute atomic E-state index is 12.6. The largest absolute Gasteiger partial charge is 0.493 e. The number of carbonyl (C=O) groups is 1. The number of Topliss-reactive ketones (excluding diaryl/α,β-unsaturated/α-hetero) is 1. The molecule has 0 fully saturated rings. The number of benzene rings is 2. The molecule has 118 valence electrons. The van der Waals surface area contributed by atoms with Crippen molar-refractivity contribution in [1.29, 1.82) is 0 Å². The fourth-order valence-corrected chi connectivity index (χ4v) is 3.26. The highest BCUT2D eigenvalue weighted by molar-refractivity contribution is 6.34. The third-order valence-corrected chi connectivity index (χ3v) is 4.19. The lowest BCUT2D eigenvalue weighted by Crippen LogP contribution is -1.97. The van der Waals surface area contributed by atoms with Gasteiger partial charge in [-0.15, -0.1) is 0 Å². The van der Waals surface area contributed by atoms with Crippen LogP contribution >= 0.6 is 23.2 Å². The maximum Gasteiger partial charge on any atom is 0.189 e. The van der Waals surface area contributed by atoms with Crippen LogP contribution in [0.4, 0.5) is 0 Å². The van der Waals surface area contributed by atoms with E-state index in [0.717, 1.165) is 11.1 Å². The van der Waals surface area contributed by atoms with Crippen molar-refractivity contribution in [3.05, 3.63) is 62.6 Å². The molecule has 23 heavy (non-hydrogen) atoms. The van der Waals surface area contributed by atoms with Crippen LogP contribution in [-0.4, -0.2) is 20.0 Å². The van der Waals surface area contributed by atoms with Crippen LogP contribution in [0.25, 0.3) is 6.08 Å². The summed E-state index contributed by atoms with van der Waals surface area (Å²) in [6.45, 7) is 0. The minimum atomic E-state index is -0.0166. The molecule has 3 rings (SSSR count). The van der Waals surface area contributed by atoms with Crippen LogP contribution in [0.3, 0.4) is 0 Å². The Hall–Kier alpha value is -1.97. The van der Waals surface area contributed by atoms with Gasteiger partial charge in [-0.1, -0.05) is 23.2 Å². The molecule has 0 saturated heterocycles. The van der Waals surface area contributed by atoms with Gasteiger partial charge in [0.25, 0.3) is 0 Å². The molecule has 0 heterocycles. The second kappa shape index (κ2) is 6.26. The highest BCUT2D eigenvalue weighted by atomic mass is 35.5. The number of hydrogen-bond donors (Lipinski definition) is 0. The number of hydrogen-bond acceptors (Lipinski definition) is 3. The van der Waals surface area contributed by atoms with Crippen molar-refractivity contribution < 1.29 is 14.3 Å². The summed E-state index contributed by atoms with van der Waals surface area (Å²) in [5.41, 5.74) is 3.06. The summed E-state index contributed by atoms with van der Waals surface area (Å²) in [6.07, 6.45) is 2.36. The smallest absolute Gasteiger partial charge is 0.189 e. The Morgan fingerprint density at radius 3 is 2.17 bits per heavy atom. The molecule has 0 saturated carbocycles. The van der Waals surface area contributed by atoms with Gasteiger partial charge >= 0.3 is 0 Å². The molecular formula is C18H14Cl2O3. The predicted molar refractivity (Wildman–Crippen MR) is 92.0 cm³/mol. The monoisotopic (exact) mass is 348 g/mol. The van der Waals surface area contributed by atoms with E-state index in [2.05, 4.69) is 0 Å². The van der Waals surface area contributed by atoms with Crippen LogP contribution in [0.15, 0.2) is 35.9 Å². The van der Waals surface area contributed by atoms with Gasteiger partial charge in [-0.3, -0.25) is 4.79 Å². The molecule has 0 amide bonds. The fraction of sp³-hybridized carbons (Fsp3) is 0.167. The number of methoxy groups -OCH3 is 2. The van der Waals surface area contributed by atoms with Gasteiger partial charge in [-0.05, 0) is 47.5 Å². The van der Waals surface area contributed by atoms with Gasteiger partial charge in [0.1, 0.15) is 0 Å². The van der Waals surface area contributed by atoms with Gasteiger partial charge in [0, 0.05) is 27.6 Å². The molecule has 2 aromatic rings. The van der Waals surface area contributed by atoms with Gasteiger partial charge in [0.15, 0.2) is 17.3 Å². The Morgan fingerprint density at radius 1 is 0.957 bits per heavy atom. The van der Waals surface area contributed by atoms with E-state index >= 15 is 0 Å². The minimum Gasteiger partial charge on any atom is -0.493 e. The molecule has 3 nitrogen and oxygen atoms in total. The molecule has 2 aromatic carbocycles. The zero-order chi connectivity index (χ0) is 16.6. The van der Waals surface area contributed by atoms with Crippen LogP contribution in [0.2, 0.25) is 10.0 Å². The average Bonchev–Trinajstić information content (AvgIpc) is 2.80. The van der Waals surface area contributed by atoms with Crippen molar-refractivity contribution >= 4 is 35.1 Å². The lowest BCUT2D eigenvalue weighted by molar-refractivity contribution is 0.104. The van der Waals surface area contributed by atoms with E-state index in [1.165, 1.54) is 0 Å². The van der Waals surface area contributed by atoms with Crippen LogP contribution in [0.5, 0.6) is 11.5 Å². The van der Waals surface area contributed by atoms with Crippen molar-refractivity contribution in [3.8, 4) is 11.5 Å². The predicted octanol–water partition coefficient (Wildman–Crippen LogP) is 4.83. The number of ether oxygens (including phenoxy) is 2. The normalized spacial score (nSPS) is 15.0. The first kappa shape index (κ1) is 15.9. The van der Waals surface area contributed by atoms with E-state index in [1.807, 2.05) is 12.1 Å². The van der Waals surface area contributed by atoms with E-state index in [-0.39, 0.29) is 5.78 Å². The lowest BCUT2D eigenvalue weighted by atomic mass is 10.1. The highest BCUT2D eigenvalue weighted by Gasteiger charge is 2.27. The van der Waals surface area contributed by atoms with E-state index in [1.54, 1.807) is 38.5 Å². The summed E-state index contributed by atoms with van der Waals surface area (Å²) in [7, 11) is 3.13. The van der Waals surface area contributed by atoms with E-state index < -0.39 is 0 Å². The molecule has 0 aliphatic heterocycles. The summed E-state index contributed by atoms with van der Waals surface area (Å²) in [4.78, 5) is 12.6. The molecule has 0 spiro atoms. The lowest BCUT2D eigenvalue weighted by Gasteiger charge is -2.08. The Balaban J connectivity index is 2.01. The van der Waals surface area contributed by atoms with Crippen molar-refractivity contribution in [2.45, 2.75) is 6.42 Å². The summed E-state index contributed by atoms with van der Waals surface area (Å²) in [5, 5.41) is 1.08. The molecule has 5 heteroatoms. The first-order valence-corrected chi connectivity index (χ1v) is 7.73. The molecule has 0 atom stereocenters. The number of rotatable bonds is 3. The minimum absolute atomic E-state index is 0.0166. The second-order valence-electron chi connectivity index (χ2n) is 5.24. The Labute approximate surface area is 144 Å². The fourth-order valence-electron chi connectivity index (χ4n) is 2.71. The van der Waals surface area contributed by atoms with Gasteiger partial charge in [-0.25, -0.2) is 0 Å². The molecule has 0 unspecified atom stereocenters. The van der Waals surface area contributed by atoms with Crippen molar-refractivity contribution in [2.75, 3.05) is 14.2 Å². The number of carbonyl (C=O) groups excluding carboxylic acids is 1. The summed E-state index contributed by atoms with van der Waals surface area (Å²) in [5.74, 6) is 1.15. The standard InChI is InChI=1S/C18H14Cl2O3/c1-22-16-7-11-6-12(18(21)15(11)9-17(16)23-2)3-10-4-13(19)8-14(20)5-10/h3-5,7-9H,6H2,1-2H3/b12-3-. The zero-order valence-electron chi connectivity index (χ0n) is 12.7. The van der Waals surface area contributed by atoms with Crippen molar-refractivity contribution in [2.24, 2.45) is 0 Å². The SMILES string of the molecule is COc1cc2c(cc1OC)C(=O)/C(=C\c1cc(Cl)cc(Cl)c1)C2. The quantitative estimate of drug-likeness (QED) is 0.745. The summed E-state index contributed by atoms with van der Waals surface area (Å²) >= 11 is 12.0. The highest BCUT2D eigenvalue weighted by Crippen LogP contribution is 2.37. The van der Waals surface area contributed by atoms with Crippen molar-refractivity contribution in [1.82, 2.24) is 0 Å².